The van der Waals surface area contributed by atoms with Crippen LogP contribution in [0.3, 0.4) is 0 Å². The van der Waals surface area contributed by atoms with Gasteiger partial charge in [0, 0.05) is 6.54 Å². The van der Waals surface area contributed by atoms with Crippen molar-refractivity contribution in [1.82, 2.24) is 19.9 Å². The molecule has 1 aromatic heterocycles. The van der Waals surface area contributed by atoms with E-state index in [0.29, 0.717) is 6.54 Å². The maximum atomic E-state index is 10.7. The van der Waals surface area contributed by atoms with E-state index in [1.807, 2.05) is 0 Å². The van der Waals surface area contributed by atoms with E-state index in [-0.39, 0.29) is 5.69 Å². The molecule has 0 saturated carbocycles. The largest absolute Gasteiger partial charge is 0.476 e. The highest BCUT2D eigenvalue weighted by molar-refractivity contribution is 5.84. The lowest BCUT2D eigenvalue weighted by molar-refractivity contribution is 0.0690. The highest BCUT2D eigenvalue weighted by Gasteiger charge is 2.21. The SMILES string of the molecule is CC(C)C1CCN(CCn2cc(C(=O)O)nn2)CC1. The van der Waals surface area contributed by atoms with Gasteiger partial charge in [-0.25, -0.2) is 4.79 Å². The van der Waals surface area contributed by atoms with Gasteiger partial charge in [-0.3, -0.25) is 4.68 Å². The smallest absolute Gasteiger partial charge is 0.358 e. The number of piperidine rings is 1. The topological polar surface area (TPSA) is 71.2 Å². The summed E-state index contributed by atoms with van der Waals surface area (Å²) < 4.78 is 1.61. The molecule has 2 rings (SSSR count). The lowest BCUT2D eigenvalue weighted by atomic mass is 9.87. The van der Waals surface area contributed by atoms with Crippen LogP contribution < -0.4 is 0 Å². The number of nitrogens with zero attached hydrogens (tertiary/aromatic N) is 4. The molecule has 0 spiro atoms. The Bertz CT molecular complexity index is 422. The number of carboxylic acids is 1. The highest BCUT2D eigenvalue weighted by Crippen LogP contribution is 2.24. The van der Waals surface area contributed by atoms with Crippen molar-refractivity contribution in [2.45, 2.75) is 33.2 Å². The molecule has 1 aliphatic rings. The Kier molecular flexibility index (Phi) is 4.52. The van der Waals surface area contributed by atoms with E-state index in [4.69, 9.17) is 5.11 Å². The molecule has 1 N–H and O–H groups in total. The number of aromatic carboxylic acids is 1. The van der Waals surface area contributed by atoms with Gasteiger partial charge in [0.2, 0.25) is 0 Å². The van der Waals surface area contributed by atoms with Crippen LogP contribution in [0.25, 0.3) is 0 Å². The maximum Gasteiger partial charge on any atom is 0.358 e. The predicted molar refractivity (Wildman–Crippen MR) is 71.0 cm³/mol. The van der Waals surface area contributed by atoms with Gasteiger partial charge in [-0.05, 0) is 37.8 Å². The molecule has 0 amide bonds. The van der Waals surface area contributed by atoms with Crippen molar-refractivity contribution in [3.63, 3.8) is 0 Å². The van der Waals surface area contributed by atoms with E-state index in [1.54, 1.807) is 4.68 Å². The fourth-order valence-electron chi connectivity index (χ4n) is 2.59. The summed E-state index contributed by atoms with van der Waals surface area (Å²) in [5.41, 5.74) is 0.0125. The van der Waals surface area contributed by atoms with E-state index in [0.717, 1.165) is 31.5 Å². The molecule has 2 heterocycles. The monoisotopic (exact) mass is 266 g/mol. The first-order valence-corrected chi connectivity index (χ1v) is 6.92. The first-order chi connectivity index (χ1) is 9.06. The molecule has 6 heteroatoms. The number of carboxylic acid groups (broad SMARTS) is 1. The molecule has 0 bridgehead atoms. The third kappa shape index (κ3) is 3.76. The van der Waals surface area contributed by atoms with Gasteiger partial charge in [-0.2, -0.15) is 0 Å². The van der Waals surface area contributed by atoms with Gasteiger partial charge in [-0.1, -0.05) is 19.1 Å². The molecule has 1 aliphatic heterocycles. The molecular weight excluding hydrogens is 244 g/mol. The zero-order chi connectivity index (χ0) is 13.8. The summed E-state index contributed by atoms with van der Waals surface area (Å²) in [5, 5.41) is 16.2. The molecule has 6 nitrogen and oxygen atoms in total. The standard InChI is InChI=1S/C13H22N4O2/c1-10(2)11-3-5-16(6-4-11)7-8-17-9-12(13(18)19)14-15-17/h9-11H,3-8H2,1-2H3,(H,18,19). The van der Waals surface area contributed by atoms with Gasteiger partial charge in [-0.15, -0.1) is 5.10 Å². The zero-order valence-corrected chi connectivity index (χ0v) is 11.6. The Labute approximate surface area is 113 Å². The Morgan fingerprint density at radius 2 is 2.11 bits per heavy atom. The number of rotatable bonds is 5. The second-order valence-corrected chi connectivity index (χ2v) is 5.60. The summed E-state index contributed by atoms with van der Waals surface area (Å²) in [5.74, 6) is 0.598. The van der Waals surface area contributed by atoms with Crippen molar-refractivity contribution in [2.24, 2.45) is 11.8 Å². The van der Waals surface area contributed by atoms with Crippen LogP contribution in [-0.4, -0.2) is 50.6 Å². The van der Waals surface area contributed by atoms with E-state index in [2.05, 4.69) is 29.1 Å². The van der Waals surface area contributed by atoms with Gasteiger partial charge >= 0.3 is 5.97 Å². The second kappa shape index (κ2) is 6.14. The third-order valence-electron chi connectivity index (χ3n) is 3.98. The number of hydrogen-bond donors (Lipinski definition) is 1. The van der Waals surface area contributed by atoms with Crippen molar-refractivity contribution in [3.8, 4) is 0 Å². The average molecular weight is 266 g/mol. The second-order valence-electron chi connectivity index (χ2n) is 5.60. The van der Waals surface area contributed by atoms with Gasteiger partial charge in [0.25, 0.3) is 0 Å². The van der Waals surface area contributed by atoms with E-state index in [1.165, 1.54) is 19.0 Å². The summed E-state index contributed by atoms with van der Waals surface area (Å²) in [6.45, 7) is 8.46. The quantitative estimate of drug-likeness (QED) is 0.871. The van der Waals surface area contributed by atoms with Crippen LogP contribution in [0.4, 0.5) is 0 Å². The molecule has 1 aromatic rings. The molecule has 0 aromatic carbocycles. The predicted octanol–water partition coefficient (Wildman–Crippen LogP) is 1.34. The Balaban J connectivity index is 1.75. The summed E-state index contributed by atoms with van der Waals surface area (Å²) in [6, 6.07) is 0. The normalized spacial score (nSPS) is 18.1. The molecule has 106 valence electrons. The Morgan fingerprint density at radius 3 is 2.63 bits per heavy atom. The minimum absolute atomic E-state index is 0.0125. The van der Waals surface area contributed by atoms with Crippen LogP contribution in [0.1, 0.15) is 37.2 Å². The van der Waals surface area contributed by atoms with Crippen LogP contribution in [-0.2, 0) is 6.54 Å². The van der Waals surface area contributed by atoms with E-state index < -0.39 is 5.97 Å². The van der Waals surface area contributed by atoms with Crippen LogP contribution in [0.15, 0.2) is 6.20 Å². The molecule has 19 heavy (non-hydrogen) atoms. The van der Waals surface area contributed by atoms with Crippen molar-refractivity contribution >= 4 is 5.97 Å². The van der Waals surface area contributed by atoms with Crippen molar-refractivity contribution < 1.29 is 9.90 Å². The maximum absolute atomic E-state index is 10.7. The van der Waals surface area contributed by atoms with Gasteiger partial charge < -0.3 is 10.0 Å². The zero-order valence-electron chi connectivity index (χ0n) is 11.6. The first kappa shape index (κ1) is 14.0. The summed E-state index contributed by atoms with van der Waals surface area (Å²) in [7, 11) is 0. The number of likely N-dealkylation sites (tertiary alicyclic amines) is 1. The number of carbonyl (C=O) groups is 1. The number of hydrogen-bond acceptors (Lipinski definition) is 4. The first-order valence-electron chi connectivity index (χ1n) is 6.92. The fraction of sp³-hybridized carbons (Fsp3) is 0.769. The fourth-order valence-corrected chi connectivity index (χ4v) is 2.59. The highest BCUT2D eigenvalue weighted by atomic mass is 16.4. The summed E-state index contributed by atoms with van der Waals surface area (Å²) in [4.78, 5) is 13.1. The van der Waals surface area contributed by atoms with Crippen LogP contribution in [0.5, 0.6) is 0 Å². The lowest BCUT2D eigenvalue weighted by Crippen LogP contribution is -2.37. The molecule has 0 atom stereocenters. The molecule has 1 saturated heterocycles. The van der Waals surface area contributed by atoms with Gasteiger partial charge in [0.15, 0.2) is 5.69 Å². The Hall–Kier alpha value is -1.43. The number of aromatic nitrogens is 3. The van der Waals surface area contributed by atoms with Gasteiger partial charge in [0.1, 0.15) is 0 Å². The van der Waals surface area contributed by atoms with Crippen LogP contribution in [0.2, 0.25) is 0 Å². The molecular formula is C13H22N4O2. The molecule has 1 fully saturated rings. The van der Waals surface area contributed by atoms with Crippen LogP contribution >= 0.6 is 0 Å². The average Bonchev–Trinajstić information content (AvgIpc) is 2.86. The van der Waals surface area contributed by atoms with Crippen molar-refractivity contribution in [1.29, 1.82) is 0 Å². The van der Waals surface area contributed by atoms with E-state index in [9.17, 15) is 4.79 Å². The summed E-state index contributed by atoms with van der Waals surface area (Å²) >= 11 is 0. The molecule has 0 unspecified atom stereocenters. The molecule has 0 radical (unpaired) electrons. The summed E-state index contributed by atoms with van der Waals surface area (Å²) in [6.07, 6.45) is 4.01. The minimum Gasteiger partial charge on any atom is -0.476 e. The van der Waals surface area contributed by atoms with Crippen LogP contribution in [0, 0.1) is 11.8 Å². The molecule has 0 aliphatic carbocycles. The lowest BCUT2D eigenvalue weighted by Gasteiger charge is -2.33. The van der Waals surface area contributed by atoms with Crippen molar-refractivity contribution in [3.05, 3.63) is 11.9 Å². The van der Waals surface area contributed by atoms with Gasteiger partial charge in [0.05, 0.1) is 12.7 Å². The third-order valence-corrected chi connectivity index (χ3v) is 3.98. The Morgan fingerprint density at radius 1 is 1.42 bits per heavy atom. The van der Waals surface area contributed by atoms with E-state index >= 15 is 0 Å². The minimum atomic E-state index is -1.02. The van der Waals surface area contributed by atoms with Crippen molar-refractivity contribution in [2.75, 3.05) is 19.6 Å².